The number of carbonyl (C=O) groups excluding carboxylic acids is 1. The molecule has 6 nitrogen and oxygen atoms in total. The van der Waals surface area contributed by atoms with Gasteiger partial charge in [-0.25, -0.2) is 4.79 Å². The Morgan fingerprint density at radius 1 is 1.50 bits per heavy atom. The fourth-order valence-corrected chi connectivity index (χ4v) is 3.43. The Labute approximate surface area is 119 Å². The first-order valence-electron chi connectivity index (χ1n) is 7.19. The van der Waals surface area contributed by atoms with Gasteiger partial charge in [0.25, 0.3) is 0 Å². The minimum atomic E-state index is -0.802. The van der Waals surface area contributed by atoms with Gasteiger partial charge in [-0.3, -0.25) is 4.79 Å². The summed E-state index contributed by atoms with van der Waals surface area (Å²) < 4.78 is 0. The Kier molecular flexibility index (Phi) is 4.17. The van der Waals surface area contributed by atoms with Crippen LogP contribution in [0, 0.1) is 23.2 Å². The van der Waals surface area contributed by atoms with Crippen LogP contribution in [-0.2, 0) is 4.79 Å². The third-order valence-electron chi connectivity index (χ3n) is 4.44. The number of urea groups is 1. The second-order valence-corrected chi connectivity index (χ2v) is 5.74. The Hall–Kier alpha value is -1.77. The van der Waals surface area contributed by atoms with Crippen LogP contribution in [-0.4, -0.2) is 52.1 Å². The quantitative estimate of drug-likeness (QED) is 0.845. The molecule has 2 amide bonds. The van der Waals surface area contributed by atoms with E-state index in [1.807, 2.05) is 6.92 Å². The maximum Gasteiger partial charge on any atom is 0.320 e. The summed E-state index contributed by atoms with van der Waals surface area (Å²) in [7, 11) is 0. The first-order chi connectivity index (χ1) is 9.49. The lowest BCUT2D eigenvalue weighted by molar-refractivity contribution is -0.142. The summed E-state index contributed by atoms with van der Waals surface area (Å²) in [6.07, 6.45) is 2.24. The molecule has 2 bridgehead atoms. The van der Waals surface area contributed by atoms with E-state index in [4.69, 9.17) is 5.26 Å². The van der Waals surface area contributed by atoms with Gasteiger partial charge in [0.1, 0.15) is 0 Å². The molecule has 2 aliphatic heterocycles. The molecule has 110 valence electrons. The zero-order valence-corrected chi connectivity index (χ0v) is 12.0. The van der Waals surface area contributed by atoms with Crippen molar-refractivity contribution in [3.63, 3.8) is 0 Å². The van der Waals surface area contributed by atoms with Crippen molar-refractivity contribution in [1.82, 2.24) is 9.80 Å². The Morgan fingerprint density at radius 3 is 2.70 bits per heavy atom. The number of hydrogen-bond donors (Lipinski definition) is 1. The zero-order valence-electron chi connectivity index (χ0n) is 12.0. The predicted molar refractivity (Wildman–Crippen MR) is 71.8 cm³/mol. The van der Waals surface area contributed by atoms with Crippen LogP contribution in [0.5, 0.6) is 0 Å². The van der Waals surface area contributed by atoms with Gasteiger partial charge in [0.15, 0.2) is 0 Å². The Morgan fingerprint density at radius 2 is 2.20 bits per heavy atom. The first kappa shape index (κ1) is 14.6. The fraction of sp³-hybridized carbons (Fsp3) is 0.786. The molecule has 6 heteroatoms. The molecule has 4 atom stereocenters. The van der Waals surface area contributed by atoms with Gasteiger partial charge in [-0.15, -0.1) is 0 Å². The average molecular weight is 279 g/mol. The van der Waals surface area contributed by atoms with Crippen molar-refractivity contribution in [2.45, 2.75) is 45.2 Å². The molecule has 0 saturated carbocycles. The number of nitrogens with zero attached hydrogens (tertiary/aromatic N) is 3. The number of hydrogen-bond acceptors (Lipinski definition) is 3. The van der Waals surface area contributed by atoms with Gasteiger partial charge in [-0.2, -0.15) is 5.26 Å². The summed E-state index contributed by atoms with van der Waals surface area (Å²) >= 11 is 0. The van der Waals surface area contributed by atoms with Crippen LogP contribution in [0.3, 0.4) is 0 Å². The van der Waals surface area contributed by atoms with Crippen molar-refractivity contribution in [3.05, 3.63) is 0 Å². The topological polar surface area (TPSA) is 84.6 Å². The van der Waals surface area contributed by atoms with Crippen LogP contribution in [0.4, 0.5) is 4.79 Å². The lowest BCUT2D eigenvalue weighted by Crippen LogP contribution is -2.47. The third-order valence-corrected chi connectivity index (χ3v) is 4.44. The monoisotopic (exact) mass is 279 g/mol. The summed E-state index contributed by atoms with van der Waals surface area (Å²) in [5.41, 5.74) is 0. The number of amides is 2. The minimum Gasteiger partial charge on any atom is -0.481 e. The van der Waals surface area contributed by atoms with E-state index < -0.39 is 11.9 Å². The molecule has 20 heavy (non-hydrogen) atoms. The SMILES string of the molecule is CCN(CC(C)C#N)C(=O)N1C2CCC1C(C(=O)O)C2. The van der Waals surface area contributed by atoms with Gasteiger partial charge < -0.3 is 14.9 Å². The highest BCUT2D eigenvalue weighted by Crippen LogP contribution is 2.42. The van der Waals surface area contributed by atoms with E-state index in [1.54, 1.807) is 16.7 Å². The first-order valence-corrected chi connectivity index (χ1v) is 7.19. The largest absolute Gasteiger partial charge is 0.481 e. The number of aliphatic carboxylic acids is 1. The highest BCUT2D eigenvalue weighted by molar-refractivity contribution is 5.79. The second kappa shape index (κ2) is 5.70. The van der Waals surface area contributed by atoms with Crippen molar-refractivity contribution >= 4 is 12.0 Å². The standard InChI is InChI=1S/C14H21N3O3/c1-3-16(8-9(2)7-15)14(20)17-10-4-5-12(17)11(6-10)13(18)19/h9-12H,3-6,8H2,1-2H3,(H,18,19). The van der Waals surface area contributed by atoms with E-state index in [1.165, 1.54) is 0 Å². The summed E-state index contributed by atoms with van der Waals surface area (Å²) in [4.78, 5) is 27.2. The predicted octanol–water partition coefficient (Wildman–Crippen LogP) is 1.53. The van der Waals surface area contributed by atoms with Crippen LogP contribution in [0.2, 0.25) is 0 Å². The van der Waals surface area contributed by atoms with Crippen molar-refractivity contribution in [2.75, 3.05) is 13.1 Å². The second-order valence-electron chi connectivity index (χ2n) is 5.74. The van der Waals surface area contributed by atoms with Crippen molar-refractivity contribution < 1.29 is 14.7 Å². The summed E-state index contributed by atoms with van der Waals surface area (Å²) in [5.74, 6) is -1.44. The number of carboxylic acids is 1. The molecule has 1 N–H and O–H groups in total. The fourth-order valence-electron chi connectivity index (χ4n) is 3.43. The molecule has 0 aromatic rings. The average Bonchev–Trinajstić information content (AvgIpc) is 3.01. The van der Waals surface area contributed by atoms with Crippen molar-refractivity contribution in [3.8, 4) is 6.07 Å². The highest BCUT2D eigenvalue weighted by Gasteiger charge is 2.52. The molecule has 4 unspecified atom stereocenters. The smallest absolute Gasteiger partial charge is 0.320 e. The van der Waals surface area contributed by atoms with E-state index in [9.17, 15) is 14.7 Å². The van der Waals surface area contributed by atoms with Crippen LogP contribution >= 0.6 is 0 Å². The van der Waals surface area contributed by atoms with Crippen molar-refractivity contribution in [1.29, 1.82) is 5.26 Å². The van der Waals surface area contributed by atoms with E-state index in [0.29, 0.717) is 19.5 Å². The number of carboxylic acid groups (broad SMARTS) is 1. The van der Waals surface area contributed by atoms with Gasteiger partial charge in [-0.1, -0.05) is 0 Å². The van der Waals surface area contributed by atoms with Crippen LogP contribution in [0.25, 0.3) is 0 Å². The lowest BCUT2D eigenvalue weighted by atomic mass is 9.89. The third kappa shape index (κ3) is 2.45. The van der Waals surface area contributed by atoms with Crippen LogP contribution in [0.15, 0.2) is 0 Å². The molecule has 0 aliphatic carbocycles. The summed E-state index contributed by atoms with van der Waals surface area (Å²) in [6.45, 7) is 4.61. The number of rotatable bonds is 4. The molecular weight excluding hydrogens is 258 g/mol. The summed E-state index contributed by atoms with van der Waals surface area (Å²) in [5, 5.41) is 18.1. The van der Waals surface area contributed by atoms with Crippen LogP contribution in [0.1, 0.15) is 33.1 Å². The molecule has 0 spiro atoms. The summed E-state index contributed by atoms with van der Waals surface area (Å²) in [6, 6.07) is 1.91. The molecule has 2 heterocycles. The Bertz CT molecular complexity index is 445. The number of carbonyl (C=O) groups is 2. The highest BCUT2D eigenvalue weighted by atomic mass is 16.4. The molecule has 0 aromatic heterocycles. The molecule has 2 saturated heterocycles. The van der Waals surface area contributed by atoms with E-state index in [2.05, 4.69) is 6.07 Å². The van der Waals surface area contributed by atoms with Gasteiger partial charge >= 0.3 is 12.0 Å². The van der Waals surface area contributed by atoms with E-state index in [0.717, 1.165) is 12.8 Å². The van der Waals surface area contributed by atoms with Gasteiger partial charge in [0, 0.05) is 25.2 Å². The van der Waals surface area contributed by atoms with Gasteiger partial charge in [0.2, 0.25) is 0 Å². The van der Waals surface area contributed by atoms with E-state index >= 15 is 0 Å². The zero-order chi connectivity index (χ0) is 14.9. The maximum absolute atomic E-state index is 12.6. The normalized spacial score (nSPS) is 29.1. The molecule has 2 aliphatic rings. The molecule has 0 radical (unpaired) electrons. The van der Waals surface area contributed by atoms with E-state index in [-0.39, 0.29) is 24.0 Å². The number of fused-ring (bicyclic) bond motifs is 2. The van der Waals surface area contributed by atoms with Crippen LogP contribution < -0.4 is 0 Å². The molecule has 0 aromatic carbocycles. The lowest BCUT2D eigenvalue weighted by Gasteiger charge is -2.31. The van der Waals surface area contributed by atoms with Gasteiger partial charge in [-0.05, 0) is 33.1 Å². The minimum absolute atomic E-state index is 0.0556. The Balaban J connectivity index is 2.09. The molecular formula is C14H21N3O3. The van der Waals surface area contributed by atoms with Crippen molar-refractivity contribution in [2.24, 2.45) is 11.8 Å². The number of nitriles is 1. The van der Waals surface area contributed by atoms with Gasteiger partial charge in [0.05, 0.1) is 17.9 Å². The maximum atomic E-state index is 12.6. The molecule has 2 rings (SSSR count). The molecule has 2 fully saturated rings.